The Balaban J connectivity index is 1.84. The molecule has 2 heterocycles. The molecule has 2 rings (SSSR count). The third-order valence-electron chi connectivity index (χ3n) is 2.61. The zero-order valence-electron chi connectivity index (χ0n) is 10.1. The summed E-state index contributed by atoms with van der Waals surface area (Å²) >= 11 is 0. The third-order valence-corrected chi connectivity index (χ3v) is 2.61. The molecule has 0 bridgehead atoms. The van der Waals surface area contributed by atoms with Crippen molar-refractivity contribution in [3.05, 3.63) is 29.8 Å². The Bertz CT molecular complexity index is 458. The van der Waals surface area contributed by atoms with Crippen LogP contribution in [0.2, 0.25) is 0 Å². The molecule has 0 amide bonds. The van der Waals surface area contributed by atoms with Crippen molar-refractivity contribution in [1.29, 1.82) is 0 Å². The van der Waals surface area contributed by atoms with Crippen LogP contribution in [0, 0.1) is 0 Å². The van der Waals surface area contributed by atoms with Crippen molar-refractivity contribution < 1.29 is 0 Å². The molecule has 17 heavy (non-hydrogen) atoms. The first-order chi connectivity index (χ1) is 8.28. The standard InChI is InChI=1S/C11H18N6/c1-16-8-10(7-13-16)4-6-17-9-11(14-15-17)3-2-5-12/h7-9H,2-6,12H2,1H3. The number of rotatable bonds is 6. The number of hydrogen-bond donors (Lipinski definition) is 1. The predicted molar refractivity (Wildman–Crippen MR) is 64.3 cm³/mol. The highest BCUT2D eigenvalue weighted by atomic mass is 15.4. The summed E-state index contributed by atoms with van der Waals surface area (Å²) in [6, 6.07) is 0. The molecule has 92 valence electrons. The topological polar surface area (TPSA) is 74.5 Å². The van der Waals surface area contributed by atoms with Gasteiger partial charge in [-0.25, -0.2) is 0 Å². The number of nitrogens with zero attached hydrogens (tertiary/aromatic N) is 5. The fraction of sp³-hybridized carbons (Fsp3) is 0.545. The molecule has 0 spiro atoms. The lowest BCUT2D eigenvalue weighted by atomic mass is 10.2. The van der Waals surface area contributed by atoms with Crippen molar-refractivity contribution in [3.63, 3.8) is 0 Å². The number of hydrogen-bond acceptors (Lipinski definition) is 4. The summed E-state index contributed by atoms with van der Waals surface area (Å²) in [6.07, 6.45) is 8.68. The highest BCUT2D eigenvalue weighted by Crippen LogP contribution is 2.01. The van der Waals surface area contributed by atoms with E-state index in [0.29, 0.717) is 6.54 Å². The van der Waals surface area contributed by atoms with Crippen molar-refractivity contribution in [1.82, 2.24) is 24.8 Å². The van der Waals surface area contributed by atoms with Crippen LogP contribution in [0.5, 0.6) is 0 Å². The Morgan fingerprint density at radius 3 is 2.88 bits per heavy atom. The fourth-order valence-electron chi connectivity index (χ4n) is 1.69. The number of aryl methyl sites for hydroxylation is 4. The van der Waals surface area contributed by atoms with Crippen molar-refractivity contribution in [2.24, 2.45) is 12.8 Å². The average molecular weight is 234 g/mol. The van der Waals surface area contributed by atoms with Crippen molar-refractivity contribution in [2.75, 3.05) is 6.54 Å². The molecule has 0 aromatic carbocycles. The van der Waals surface area contributed by atoms with Gasteiger partial charge in [0.25, 0.3) is 0 Å². The molecular formula is C11H18N6. The van der Waals surface area contributed by atoms with Crippen LogP contribution < -0.4 is 5.73 Å². The molecule has 0 aliphatic heterocycles. The van der Waals surface area contributed by atoms with Gasteiger partial charge in [0.1, 0.15) is 0 Å². The lowest BCUT2D eigenvalue weighted by Crippen LogP contribution is -2.01. The quantitative estimate of drug-likeness (QED) is 0.771. The van der Waals surface area contributed by atoms with Gasteiger partial charge in [-0.05, 0) is 31.4 Å². The van der Waals surface area contributed by atoms with Gasteiger partial charge in [-0.3, -0.25) is 9.36 Å². The van der Waals surface area contributed by atoms with E-state index in [9.17, 15) is 0 Å². The molecular weight excluding hydrogens is 216 g/mol. The van der Waals surface area contributed by atoms with E-state index in [1.54, 1.807) is 0 Å². The maximum atomic E-state index is 5.46. The summed E-state index contributed by atoms with van der Waals surface area (Å²) in [6.45, 7) is 1.53. The maximum Gasteiger partial charge on any atom is 0.0827 e. The summed E-state index contributed by atoms with van der Waals surface area (Å²) in [5.41, 5.74) is 7.69. The zero-order valence-corrected chi connectivity index (χ0v) is 10.1. The second-order valence-corrected chi connectivity index (χ2v) is 4.14. The first kappa shape index (κ1) is 11.8. The maximum absolute atomic E-state index is 5.46. The van der Waals surface area contributed by atoms with Gasteiger partial charge in [-0.2, -0.15) is 5.10 Å². The molecule has 0 fully saturated rings. The van der Waals surface area contributed by atoms with Gasteiger partial charge in [0.2, 0.25) is 0 Å². The molecule has 2 N–H and O–H groups in total. The van der Waals surface area contributed by atoms with Crippen molar-refractivity contribution in [3.8, 4) is 0 Å². The van der Waals surface area contributed by atoms with Crippen molar-refractivity contribution in [2.45, 2.75) is 25.8 Å². The molecule has 2 aromatic rings. The Morgan fingerprint density at radius 2 is 2.18 bits per heavy atom. The first-order valence-electron chi connectivity index (χ1n) is 5.84. The van der Waals surface area contributed by atoms with Gasteiger partial charge in [0.15, 0.2) is 0 Å². The van der Waals surface area contributed by atoms with E-state index in [0.717, 1.165) is 31.5 Å². The minimum atomic E-state index is 0.697. The van der Waals surface area contributed by atoms with Gasteiger partial charge in [0, 0.05) is 26.0 Å². The predicted octanol–water partition coefficient (Wildman–Crippen LogP) is 0.146. The molecule has 0 saturated heterocycles. The molecule has 0 saturated carbocycles. The van der Waals surface area contributed by atoms with Gasteiger partial charge in [-0.15, -0.1) is 5.10 Å². The third kappa shape index (κ3) is 3.39. The van der Waals surface area contributed by atoms with Crippen LogP contribution in [0.3, 0.4) is 0 Å². The molecule has 2 aromatic heterocycles. The molecule has 0 radical (unpaired) electrons. The highest BCUT2D eigenvalue weighted by Gasteiger charge is 2.01. The summed E-state index contributed by atoms with van der Waals surface area (Å²) < 4.78 is 3.68. The number of aromatic nitrogens is 5. The van der Waals surface area contributed by atoms with E-state index in [-0.39, 0.29) is 0 Å². The van der Waals surface area contributed by atoms with Crippen LogP contribution >= 0.6 is 0 Å². The van der Waals surface area contributed by atoms with Crippen LogP contribution in [0.1, 0.15) is 17.7 Å². The van der Waals surface area contributed by atoms with E-state index in [1.165, 1.54) is 5.56 Å². The second kappa shape index (κ2) is 5.58. The Hall–Kier alpha value is -1.69. The summed E-state index contributed by atoms with van der Waals surface area (Å²) in [5.74, 6) is 0. The zero-order chi connectivity index (χ0) is 12.1. The van der Waals surface area contributed by atoms with Crippen LogP contribution in [0.15, 0.2) is 18.6 Å². The minimum Gasteiger partial charge on any atom is -0.330 e. The normalized spacial score (nSPS) is 10.9. The van der Waals surface area contributed by atoms with Crippen LogP contribution in [0.4, 0.5) is 0 Å². The first-order valence-corrected chi connectivity index (χ1v) is 5.84. The summed E-state index contributed by atoms with van der Waals surface area (Å²) in [7, 11) is 1.92. The SMILES string of the molecule is Cn1cc(CCn2cc(CCCN)nn2)cn1. The molecule has 0 unspecified atom stereocenters. The molecule has 6 heteroatoms. The van der Waals surface area contributed by atoms with Gasteiger partial charge < -0.3 is 5.73 Å². The highest BCUT2D eigenvalue weighted by molar-refractivity contribution is 5.03. The monoisotopic (exact) mass is 234 g/mol. The van der Waals surface area contributed by atoms with Crippen LogP contribution in [-0.2, 0) is 26.4 Å². The van der Waals surface area contributed by atoms with Crippen LogP contribution in [0.25, 0.3) is 0 Å². The summed E-state index contributed by atoms with van der Waals surface area (Å²) in [4.78, 5) is 0. The van der Waals surface area contributed by atoms with Gasteiger partial charge in [0.05, 0.1) is 11.9 Å². The Kier molecular flexibility index (Phi) is 3.87. The molecule has 6 nitrogen and oxygen atoms in total. The van der Waals surface area contributed by atoms with E-state index >= 15 is 0 Å². The largest absolute Gasteiger partial charge is 0.330 e. The van der Waals surface area contributed by atoms with E-state index in [1.807, 2.05) is 35.0 Å². The van der Waals surface area contributed by atoms with E-state index < -0.39 is 0 Å². The minimum absolute atomic E-state index is 0.697. The lowest BCUT2D eigenvalue weighted by molar-refractivity contribution is 0.588. The number of nitrogens with two attached hydrogens (primary N) is 1. The Morgan fingerprint density at radius 1 is 1.29 bits per heavy atom. The van der Waals surface area contributed by atoms with E-state index in [4.69, 9.17) is 5.73 Å². The van der Waals surface area contributed by atoms with Gasteiger partial charge in [-0.1, -0.05) is 5.21 Å². The average Bonchev–Trinajstić information content (AvgIpc) is 2.93. The molecule has 0 aliphatic carbocycles. The van der Waals surface area contributed by atoms with Crippen LogP contribution in [-0.4, -0.2) is 31.3 Å². The second-order valence-electron chi connectivity index (χ2n) is 4.14. The van der Waals surface area contributed by atoms with Crippen molar-refractivity contribution >= 4 is 0 Å². The van der Waals surface area contributed by atoms with Gasteiger partial charge >= 0.3 is 0 Å². The summed E-state index contributed by atoms with van der Waals surface area (Å²) in [5, 5.41) is 12.3. The lowest BCUT2D eigenvalue weighted by Gasteiger charge is -1.97. The molecule has 0 atom stereocenters. The smallest absolute Gasteiger partial charge is 0.0827 e. The fourth-order valence-corrected chi connectivity index (χ4v) is 1.69. The Labute approximate surface area is 100 Å². The molecule has 0 aliphatic rings. The van der Waals surface area contributed by atoms with E-state index in [2.05, 4.69) is 15.4 Å².